The summed E-state index contributed by atoms with van der Waals surface area (Å²) in [6, 6.07) is 17.3. The van der Waals surface area contributed by atoms with Crippen molar-refractivity contribution >= 4 is 16.7 Å². The Balaban J connectivity index is 1.65. The third kappa shape index (κ3) is 3.45. The second-order valence-corrected chi connectivity index (χ2v) is 7.18. The Morgan fingerprint density at radius 1 is 1.09 bits per heavy atom. The number of methoxy groups -OCH3 is 1. The molecule has 1 heterocycles. The third-order valence-corrected chi connectivity index (χ3v) is 5.71. The SMILES string of the molecule is COc1ccc([C@H]2NC(=O)[C@H]2S(=O)CCc2ccccc2)cc1. The van der Waals surface area contributed by atoms with Gasteiger partial charge in [0.2, 0.25) is 5.91 Å². The summed E-state index contributed by atoms with van der Waals surface area (Å²) >= 11 is 0. The number of hydrogen-bond acceptors (Lipinski definition) is 3. The number of benzene rings is 2. The number of rotatable bonds is 6. The maximum atomic E-state index is 12.5. The second-order valence-electron chi connectivity index (χ2n) is 5.50. The summed E-state index contributed by atoms with van der Waals surface area (Å²) in [7, 11) is 0.423. The predicted octanol–water partition coefficient (Wildman–Crippen LogP) is 2.23. The first kappa shape index (κ1) is 15.7. The van der Waals surface area contributed by atoms with Crippen molar-refractivity contribution in [3.05, 3.63) is 65.7 Å². The third-order valence-electron chi connectivity index (χ3n) is 4.05. The van der Waals surface area contributed by atoms with Crippen molar-refractivity contribution in [2.45, 2.75) is 17.7 Å². The first-order valence-corrected chi connectivity index (χ1v) is 8.92. The highest BCUT2D eigenvalue weighted by atomic mass is 32.2. The minimum atomic E-state index is -1.19. The van der Waals surface area contributed by atoms with E-state index in [4.69, 9.17) is 4.74 Å². The zero-order chi connectivity index (χ0) is 16.2. The van der Waals surface area contributed by atoms with Crippen LogP contribution >= 0.6 is 0 Å². The van der Waals surface area contributed by atoms with Crippen LogP contribution in [0, 0.1) is 0 Å². The normalized spacial score (nSPS) is 21.2. The molecule has 0 aliphatic carbocycles. The van der Waals surface area contributed by atoms with E-state index in [0.717, 1.165) is 16.9 Å². The molecule has 120 valence electrons. The number of aryl methyl sites for hydroxylation is 1. The maximum Gasteiger partial charge on any atom is 0.238 e. The molecule has 1 saturated heterocycles. The molecule has 1 N–H and O–H groups in total. The Morgan fingerprint density at radius 2 is 1.78 bits per heavy atom. The van der Waals surface area contributed by atoms with E-state index in [0.29, 0.717) is 12.2 Å². The Hall–Kier alpha value is -2.14. The van der Waals surface area contributed by atoms with Gasteiger partial charge in [-0.1, -0.05) is 42.5 Å². The molecular weight excluding hydrogens is 310 g/mol. The van der Waals surface area contributed by atoms with Crippen LogP contribution in [0.3, 0.4) is 0 Å². The smallest absolute Gasteiger partial charge is 0.238 e. The molecule has 4 nitrogen and oxygen atoms in total. The molecule has 1 fully saturated rings. The van der Waals surface area contributed by atoms with E-state index in [1.807, 2.05) is 54.6 Å². The number of ether oxygens (including phenoxy) is 1. The lowest BCUT2D eigenvalue weighted by Crippen LogP contribution is -2.58. The lowest BCUT2D eigenvalue weighted by atomic mass is 9.96. The van der Waals surface area contributed by atoms with Crippen LogP contribution in [-0.2, 0) is 22.0 Å². The number of hydrogen-bond donors (Lipinski definition) is 1. The minimum absolute atomic E-state index is 0.128. The van der Waals surface area contributed by atoms with Crippen molar-refractivity contribution < 1.29 is 13.7 Å². The molecule has 1 aliphatic heterocycles. The van der Waals surface area contributed by atoms with Gasteiger partial charge in [-0.25, -0.2) is 0 Å². The van der Waals surface area contributed by atoms with Gasteiger partial charge in [0.05, 0.1) is 13.2 Å². The zero-order valence-electron chi connectivity index (χ0n) is 12.9. The van der Waals surface area contributed by atoms with Gasteiger partial charge < -0.3 is 10.1 Å². The van der Waals surface area contributed by atoms with Gasteiger partial charge in [-0.2, -0.15) is 0 Å². The van der Waals surface area contributed by atoms with E-state index in [1.165, 1.54) is 0 Å². The van der Waals surface area contributed by atoms with Gasteiger partial charge in [-0.05, 0) is 29.7 Å². The average Bonchev–Trinajstić information content (AvgIpc) is 2.59. The maximum absolute atomic E-state index is 12.5. The summed E-state index contributed by atoms with van der Waals surface area (Å²) in [6.45, 7) is 0. The van der Waals surface area contributed by atoms with Gasteiger partial charge in [0, 0.05) is 16.6 Å². The molecule has 0 radical (unpaired) electrons. The molecule has 0 aromatic heterocycles. The molecule has 3 rings (SSSR count). The molecular formula is C18H19NO3S. The summed E-state index contributed by atoms with van der Waals surface area (Å²) in [5, 5.41) is 2.39. The summed E-state index contributed by atoms with van der Waals surface area (Å²) in [6.07, 6.45) is 0.715. The van der Waals surface area contributed by atoms with Gasteiger partial charge in [-0.15, -0.1) is 0 Å². The molecule has 3 atom stereocenters. The second kappa shape index (κ2) is 6.96. The number of amides is 1. The minimum Gasteiger partial charge on any atom is -0.497 e. The van der Waals surface area contributed by atoms with Gasteiger partial charge in [0.15, 0.2) is 0 Å². The largest absolute Gasteiger partial charge is 0.497 e. The van der Waals surface area contributed by atoms with E-state index in [2.05, 4.69) is 5.32 Å². The highest BCUT2D eigenvalue weighted by Crippen LogP contribution is 2.30. The lowest BCUT2D eigenvalue weighted by Gasteiger charge is -2.36. The molecule has 2 aromatic rings. The first-order valence-electron chi connectivity index (χ1n) is 7.54. The molecule has 2 aromatic carbocycles. The highest BCUT2D eigenvalue weighted by Gasteiger charge is 2.44. The number of nitrogens with one attached hydrogen (secondary N) is 1. The van der Waals surface area contributed by atoms with Crippen LogP contribution in [-0.4, -0.2) is 28.2 Å². The van der Waals surface area contributed by atoms with E-state index in [9.17, 15) is 9.00 Å². The fourth-order valence-corrected chi connectivity index (χ4v) is 4.22. The van der Waals surface area contributed by atoms with Crippen LogP contribution in [0.4, 0.5) is 0 Å². The van der Waals surface area contributed by atoms with Gasteiger partial charge in [0.25, 0.3) is 0 Å². The molecule has 0 spiro atoms. The summed E-state index contributed by atoms with van der Waals surface area (Å²) in [5.74, 6) is 1.13. The fourth-order valence-electron chi connectivity index (χ4n) is 2.70. The van der Waals surface area contributed by atoms with Crippen LogP contribution in [0.2, 0.25) is 0 Å². The van der Waals surface area contributed by atoms with Crippen LogP contribution in [0.5, 0.6) is 5.75 Å². The summed E-state index contributed by atoms with van der Waals surface area (Å²) in [4.78, 5) is 11.9. The van der Waals surface area contributed by atoms with Crippen molar-refractivity contribution in [3.63, 3.8) is 0 Å². The zero-order valence-corrected chi connectivity index (χ0v) is 13.7. The lowest BCUT2D eigenvalue weighted by molar-refractivity contribution is -0.127. The van der Waals surface area contributed by atoms with Crippen molar-refractivity contribution in [3.8, 4) is 5.75 Å². The molecule has 1 unspecified atom stereocenters. The van der Waals surface area contributed by atoms with E-state index < -0.39 is 16.0 Å². The molecule has 0 saturated carbocycles. The number of carbonyl (C=O) groups is 1. The standard InChI is InChI=1S/C18H19NO3S/c1-22-15-9-7-14(8-10-15)16-17(18(20)19-16)23(21)12-11-13-5-3-2-4-6-13/h2-10,16-17H,11-12H2,1H3,(H,19,20)/t16-,17+,23?/m1/s1. The van der Waals surface area contributed by atoms with Gasteiger partial charge in [-0.3, -0.25) is 9.00 Å². The summed E-state index contributed by atoms with van der Waals surface area (Å²) < 4.78 is 17.7. The molecule has 5 heteroatoms. The quantitative estimate of drug-likeness (QED) is 0.827. The van der Waals surface area contributed by atoms with Crippen molar-refractivity contribution in [2.75, 3.05) is 12.9 Å². The van der Waals surface area contributed by atoms with E-state index >= 15 is 0 Å². The Kier molecular flexibility index (Phi) is 4.76. The Morgan fingerprint density at radius 3 is 2.39 bits per heavy atom. The van der Waals surface area contributed by atoms with E-state index in [1.54, 1.807) is 7.11 Å². The van der Waals surface area contributed by atoms with Crippen LogP contribution in [0.1, 0.15) is 17.2 Å². The Labute approximate surface area is 138 Å². The molecule has 1 aliphatic rings. The van der Waals surface area contributed by atoms with E-state index in [-0.39, 0.29) is 11.9 Å². The van der Waals surface area contributed by atoms with Crippen molar-refractivity contribution in [1.29, 1.82) is 0 Å². The van der Waals surface area contributed by atoms with Gasteiger partial charge in [0.1, 0.15) is 11.0 Å². The number of β-lactam (4-membered cyclic amide) rings is 1. The monoisotopic (exact) mass is 329 g/mol. The molecule has 23 heavy (non-hydrogen) atoms. The highest BCUT2D eigenvalue weighted by molar-refractivity contribution is 7.86. The predicted molar refractivity (Wildman–Crippen MR) is 90.8 cm³/mol. The van der Waals surface area contributed by atoms with Crippen LogP contribution < -0.4 is 10.1 Å². The Bertz CT molecular complexity index is 700. The topological polar surface area (TPSA) is 55.4 Å². The van der Waals surface area contributed by atoms with Crippen LogP contribution in [0.25, 0.3) is 0 Å². The summed E-state index contributed by atoms with van der Waals surface area (Å²) in [5.41, 5.74) is 2.10. The number of carbonyl (C=O) groups excluding carboxylic acids is 1. The first-order chi connectivity index (χ1) is 11.2. The van der Waals surface area contributed by atoms with Crippen molar-refractivity contribution in [1.82, 2.24) is 5.32 Å². The van der Waals surface area contributed by atoms with Gasteiger partial charge >= 0.3 is 0 Å². The van der Waals surface area contributed by atoms with Crippen LogP contribution in [0.15, 0.2) is 54.6 Å². The average molecular weight is 329 g/mol. The fraction of sp³-hybridized carbons (Fsp3) is 0.278. The van der Waals surface area contributed by atoms with Crippen molar-refractivity contribution in [2.24, 2.45) is 0 Å². The molecule has 0 bridgehead atoms. The molecule has 1 amide bonds.